The third-order valence-electron chi connectivity index (χ3n) is 2.23. The molecule has 2 amide bonds. The molecule has 0 radical (unpaired) electrons. The fourth-order valence-corrected chi connectivity index (χ4v) is 1.39. The molecule has 3 N–H and O–H groups in total. The Morgan fingerprint density at radius 1 is 1.26 bits per heavy atom. The molecule has 19 heavy (non-hydrogen) atoms. The van der Waals surface area contributed by atoms with Gasteiger partial charge >= 0.3 is 0 Å². The second-order valence-corrected chi connectivity index (χ2v) is 4.46. The lowest BCUT2D eigenvalue weighted by atomic mass is 10.2. The van der Waals surface area contributed by atoms with E-state index in [0.717, 1.165) is 0 Å². The van der Waals surface area contributed by atoms with E-state index in [0.29, 0.717) is 5.69 Å². The highest BCUT2D eigenvalue weighted by Gasteiger charge is 2.07. The number of rotatable bonds is 5. The van der Waals surface area contributed by atoms with Crippen LogP contribution in [-0.2, 0) is 9.59 Å². The van der Waals surface area contributed by atoms with Crippen LogP contribution in [0.4, 0.5) is 15.8 Å². The number of hydrogen-bond donors (Lipinski definition) is 3. The Morgan fingerprint density at radius 2 is 1.95 bits per heavy atom. The summed E-state index contributed by atoms with van der Waals surface area (Å²) in [5.41, 5.74) is 0.475. The maximum absolute atomic E-state index is 13.4. The normalized spacial score (nSPS) is 10.4. The molecule has 0 aliphatic carbocycles. The minimum absolute atomic E-state index is 0.0436. The molecule has 5 nitrogen and oxygen atoms in total. The lowest BCUT2D eigenvalue weighted by Crippen LogP contribution is -2.32. The Kier molecular flexibility index (Phi) is 5.44. The maximum Gasteiger partial charge on any atom is 0.238 e. The number of amides is 2. The number of hydrogen-bond acceptors (Lipinski definition) is 3. The first kappa shape index (κ1) is 15.1. The summed E-state index contributed by atoms with van der Waals surface area (Å²) in [6, 6.07) is 4.21. The van der Waals surface area contributed by atoms with Gasteiger partial charge in [-0.05, 0) is 18.2 Å². The van der Waals surface area contributed by atoms with Crippen molar-refractivity contribution in [3.8, 4) is 0 Å². The van der Waals surface area contributed by atoms with E-state index in [-0.39, 0.29) is 30.1 Å². The van der Waals surface area contributed by atoms with Crippen LogP contribution in [-0.4, -0.2) is 24.4 Å². The average Bonchev–Trinajstić information content (AvgIpc) is 2.30. The van der Waals surface area contributed by atoms with Crippen LogP contribution in [0.2, 0.25) is 0 Å². The average molecular weight is 267 g/mol. The number of nitrogens with one attached hydrogen (secondary N) is 3. The highest BCUT2D eigenvalue weighted by atomic mass is 19.1. The summed E-state index contributed by atoms with van der Waals surface area (Å²) in [6.07, 6.45) is 0. The molecule has 0 aliphatic rings. The summed E-state index contributed by atoms with van der Waals surface area (Å²) >= 11 is 0. The number of carbonyl (C=O) groups excluding carboxylic acids is 2. The number of halogens is 1. The van der Waals surface area contributed by atoms with Gasteiger partial charge in [-0.2, -0.15) is 0 Å². The number of benzene rings is 1. The van der Waals surface area contributed by atoms with Gasteiger partial charge in [0.05, 0.1) is 12.2 Å². The van der Waals surface area contributed by atoms with E-state index in [1.165, 1.54) is 25.1 Å². The van der Waals surface area contributed by atoms with Gasteiger partial charge < -0.3 is 16.0 Å². The summed E-state index contributed by atoms with van der Waals surface area (Å²) < 4.78 is 13.4. The van der Waals surface area contributed by atoms with Crippen LogP contribution in [0.5, 0.6) is 0 Å². The molecule has 0 saturated heterocycles. The van der Waals surface area contributed by atoms with Gasteiger partial charge in [0.1, 0.15) is 5.82 Å². The van der Waals surface area contributed by atoms with Gasteiger partial charge in [-0.3, -0.25) is 9.59 Å². The molecule has 1 aromatic carbocycles. The van der Waals surface area contributed by atoms with Crippen LogP contribution in [0.25, 0.3) is 0 Å². The predicted molar refractivity (Wildman–Crippen MR) is 72.5 cm³/mol. The molecule has 0 spiro atoms. The van der Waals surface area contributed by atoms with E-state index < -0.39 is 5.82 Å². The molecular weight excluding hydrogens is 249 g/mol. The van der Waals surface area contributed by atoms with Crippen molar-refractivity contribution in [1.29, 1.82) is 0 Å². The molecule has 0 fully saturated rings. The van der Waals surface area contributed by atoms with E-state index in [1.807, 2.05) is 13.8 Å². The standard InChI is InChI=1S/C13H18FN3O2/c1-8(2)15-7-13(19)17-10-4-5-11(14)12(6-10)16-9(3)18/h4-6,8,15H,7H2,1-3H3,(H,16,18)(H,17,19). The summed E-state index contributed by atoms with van der Waals surface area (Å²) in [4.78, 5) is 22.5. The van der Waals surface area contributed by atoms with Crippen molar-refractivity contribution in [1.82, 2.24) is 5.32 Å². The molecule has 1 aromatic rings. The molecule has 104 valence electrons. The summed E-state index contributed by atoms with van der Waals surface area (Å²) in [5.74, 6) is -1.15. The molecule has 0 saturated carbocycles. The summed E-state index contributed by atoms with van der Waals surface area (Å²) in [7, 11) is 0. The summed E-state index contributed by atoms with van der Waals surface area (Å²) in [5, 5.41) is 7.94. The molecular formula is C13H18FN3O2. The predicted octanol–water partition coefficient (Wildman–Crippen LogP) is 1.72. The first-order chi connectivity index (χ1) is 8.88. The lowest BCUT2D eigenvalue weighted by Gasteiger charge is -2.10. The van der Waals surface area contributed by atoms with E-state index in [9.17, 15) is 14.0 Å². The Labute approximate surface area is 111 Å². The van der Waals surface area contributed by atoms with Gasteiger partial charge in [0.25, 0.3) is 0 Å². The van der Waals surface area contributed by atoms with Crippen LogP contribution in [0.3, 0.4) is 0 Å². The Morgan fingerprint density at radius 3 is 2.53 bits per heavy atom. The SMILES string of the molecule is CC(=O)Nc1cc(NC(=O)CNC(C)C)ccc1F. The molecule has 0 aliphatic heterocycles. The number of carbonyl (C=O) groups is 2. The molecule has 1 rings (SSSR count). The van der Waals surface area contributed by atoms with E-state index in [1.54, 1.807) is 0 Å². The van der Waals surface area contributed by atoms with Crippen LogP contribution in [0.15, 0.2) is 18.2 Å². The monoisotopic (exact) mass is 267 g/mol. The molecule has 6 heteroatoms. The van der Waals surface area contributed by atoms with E-state index in [4.69, 9.17) is 0 Å². The smallest absolute Gasteiger partial charge is 0.238 e. The van der Waals surface area contributed by atoms with Crippen molar-refractivity contribution in [3.63, 3.8) is 0 Å². The first-order valence-corrected chi connectivity index (χ1v) is 5.99. The van der Waals surface area contributed by atoms with Crippen molar-refractivity contribution < 1.29 is 14.0 Å². The molecule has 0 aromatic heterocycles. The second-order valence-electron chi connectivity index (χ2n) is 4.46. The highest BCUT2D eigenvalue weighted by molar-refractivity contribution is 5.94. The fourth-order valence-electron chi connectivity index (χ4n) is 1.39. The third-order valence-corrected chi connectivity index (χ3v) is 2.23. The van der Waals surface area contributed by atoms with Crippen LogP contribution >= 0.6 is 0 Å². The minimum Gasteiger partial charge on any atom is -0.325 e. The quantitative estimate of drug-likeness (QED) is 0.760. The third kappa shape index (κ3) is 5.48. The van der Waals surface area contributed by atoms with Gasteiger partial charge in [-0.25, -0.2) is 4.39 Å². The Balaban J connectivity index is 2.68. The zero-order valence-corrected chi connectivity index (χ0v) is 11.2. The van der Waals surface area contributed by atoms with Crippen LogP contribution in [0, 0.1) is 5.82 Å². The molecule has 0 atom stereocenters. The van der Waals surface area contributed by atoms with Crippen molar-refractivity contribution in [2.24, 2.45) is 0 Å². The molecule has 0 bridgehead atoms. The molecule has 0 heterocycles. The van der Waals surface area contributed by atoms with E-state index in [2.05, 4.69) is 16.0 Å². The lowest BCUT2D eigenvalue weighted by molar-refractivity contribution is -0.115. The van der Waals surface area contributed by atoms with Crippen LogP contribution in [0.1, 0.15) is 20.8 Å². The number of anilines is 2. The van der Waals surface area contributed by atoms with Gasteiger partial charge in [-0.1, -0.05) is 13.8 Å². The zero-order valence-electron chi connectivity index (χ0n) is 11.2. The van der Waals surface area contributed by atoms with E-state index >= 15 is 0 Å². The van der Waals surface area contributed by atoms with Gasteiger partial charge in [-0.15, -0.1) is 0 Å². The van der Waals surface area contributed by atoms with Gasteiger partial charge in [0.15, 0.2) is 0 Å². The van der Waals surface area contributed by atoms with Gasteiger partial charge in [0.2, 0.25) is 11.8 Å². The topological polar surface area (TPSA) is 70.2 Å². The largest absolute Gasteiger partial charge is 0.325 e. The maximum atomic E-state index is 13.4. The van der Waals surface area contributed by atoms with Crippen molar-refractivity contribution in [3.05, 3.63) is 24.0 Å². The Hall–Kier alpha value is -1.95. The van der Waals surface area contributed by atoms with Crippen LogP contribution < -0.4 is 16.0 Å². The van der Waals surface area contributed by atoms with Crippen molar-refractivity contribution >= 4 is 23.2 Å². The first-order valence-electron chi connectivity index (χ1n) is 5.99. The minimum atomic E-state index is -0.548. The van der Waals surface area contributed by atoms with Crippen molar-refractivity contribution in [2.45, 2.75) is 26.8 Å². The fraction of sp³-hybridized carbons (Fsp3) is 0.385. The Bertz CT molecular complexity index is 475. The summed E-state index contributed by atoms with van der Waals surface area (Å²) in [6.45, 7) is 5.32. The molecule has 0 unspecified atom stereocenters. The highest BCUT2D eigenvalue weighted by Crippen LogP contribution is 2.19. The van der Waals surface area contributed by atoms with Gasteiger partial charge in [0, 0.05) is 18.7 Å². The zero-order chi connectivity index (χ0) is 14.4. The second kappa shape index (κ2) is 6.84. The van der Waals surface area contributed by atoms with Crippen molar-refractivity contribution in [2.75, 3.05) is 17.2 Å².